The van der Waals surface area contributed by atoms with Crippen molar-refractivity contribution in [1.29, 1.82) is 0 Å². The van der Waals surface area contributed by atoms with E-state index in [0.29, 0.717) is 23.8 Å². The number of rotatable bonds is 7. The Labute approximate surface area is 171 Å². The first-order chi connectivity index (χ1) is 14.7. The average molecular weight is 405 g/mol. The lowest BCUT2D eigenvalue weighted by Crippen LogP contribution is -2.28. The number of ether oxygens (including phenoxy) is 2. The van der Waals surface area contributed by atoms with Gasteiger partial charge in [0.1, 0.15) is 18.0 Å². The van der Waals surface area contributed by atoms with Gasteiger partial charge >= 0.3 is 5.69 Å². The van der Waals surface area contributed by atoms with Crippen LogP contribution in [0.5, 0.6) is 17.4 Å². The molecule has 0 aliphatic carbocycles. The van der Waals surface area contributed by atoms with Gasteiger partial charge < -0.3 is 14.8 Å². The second-order valence-electron chi connectivity index (χ2n) is 6.26. The summed E-state index contributed by atoms with van der Waals surface area (Å²) < 4.78 is 13.6. The molecule has 2 heterocycles. The summed E-state index contributed by atoms with van der Waals surface area (Å²) in [6.45, 7) is 2.06. The minimum Gasteiger partial charge on any atom is -0.492 e. The number of para-hydroxylation sites is 3. The standard InChI is InChI=1S/C21H19N5O4/c1-2-29-17-11-7-6-10-16(17)23-18(27)14-26-21(28)25-13-12-22-20(19(25)24-26)30-15-8-4-3-5-9-15/h3-13H,2,14H2,1H3,(H,23,27). The van der Waals surface area contributed by atoms with E-state index < -0.39 is 11.6 Å². The number of nitrogens with zero attached hydrogens (tertiary/aromatic N) is 4. The number of benzene rings is 2. The molecule has 1 amide bonds. The molecule has 4 rings (SSSR count). The van der Waals surface area contributed by atoms with Gasteiger partial charge in [0.05, 0.1) is 12.3 Å². The second-order valence-corrected chi connectivity index (χ2v) is 6.26. The molecule has 0 fully saturated rings. The molecular weight excluding hydrogens is 386 g/mol. The lowest BCUT2D eigenvalue weighted by molar-refractivity contribution is -0.117. The fraction of sp³-hybridized carbons (Fsp3) is 0.143. The van der Waals surface area contributed by atoms with Crippen LogP contribution in [0.2, 0.25) is 0 Å². The topological polar surface area (TPSA) is 99.8 Å². The van der Waals surface area contributed by atoms with Gasteiger partial charge in [0.15, 0.2) is 0 Å². The Bertz CT molecular complexity index is 1230. The van der Waals surface area contributed by atoms with Crippen molar-refractivity contribution in [2.24, 2.45) is 0 Å². The highest BCUT2D eigenvalue weighted by Crippen LogP contribution is 2.24. The van der Waals surface area contributed by atoms with Crippen molar-refractivity contribution in [2.75, 3.05) is 11.9 Å². The van der Waals surface area contributed by atoms with Crippen molar-refractivity contribution in [3.63, 3.8) is 0 Å². The molecule has 0 aliphatic rings. The van der Waals surface area contributed by atoms with E-state index >= 15 is 0 Å². The van der Waals surface area contributed by atoms with Crippen LogP contribution < -0.4 is 20.5 Å². The fourth-order valence-electron chi connectivity index (χ4n) is 2.88. The molecule has 30 heavy (non-hydrogen) atoms. The first kappa shape index (κ1) is 19.2. The molecular formula is C21H19N5O4. The van der Waals surface area contributed by atoms with Gasteiger partial charge in [-0.2, -0.15) is 0 Å². The number of amides is 1. The monoisotopic (exact) mass is 405 g/mol. The molecule has 9 nitrogen and oxygen atoms in total. The maximum Gasteiger partial charge on any atom is 0.351 e. The highest BCUT2D eigenvalue weighted by Gasteiger charge is 2.16. The van der Waals surface area contributed by atoms with Crippen LogP contribution in [-0.2, 0) is 11.3 Å². The molecule has 152 valence electrons. The van der Waals surface area contributed by atoms with Crippen molar-refractivity contribution in [1.82, 2.24) is 19.2 Å². The average Bonchev–Trinajstić information content (AvgIpc) is 3.07. The molecule has 2 aromatic heterocycles. The number of carbonyl (C=O) groups is 1. The van der Waals surface area contributed by atoms with E-state index in [1.54, 1.807) is 30.3 Å². The number of anilines is 1. The number of carbonyl (C=O) groups excluding carboxylic acids is 1. The second kappa shape index (κ2) is 8.48. The molecule has 2 aromatic carbocycles. The summed E-state index contributed by atoms with van der Waals surface area (Å²) in [6.07, 6.45) is 2.92. The summed E-state index contributed by atoms with van der Waals surface area (Å²) in [7, 11) is 0. The number of fused-ring (bicyclic) bond motifs is 1. The third-order valence-electron chi connectivity index (χ3n) is 4.18. The minimum atomic E-state index is -0.474. The van der Waals surface area contributed by atoms with Crippen molar-refractivity contribution in [3.05, 3.63) is 77.5 Å². The normalized spacial score (nSPS) is 10.7. The van der Waals surface area contributed by atoms with Crippen LogP contribution in [0.15, 0.2) is 71.8 Å². The molecule has 0 spiro atoms. The van der Waals surface area contributed by atoms with Gasteiger partial charge in [-0.15, -0.1) is 5.10 Å². The highest BCUT2D eigenvalue weighted by molar-refractivity contribution is 5.92. The lowest BCUT2D eigenvalue weighted by atomic mass is 10.3. The maximum atomic E-state index is 12.7. The summed E-state index contributed by atoms with van der Waals surface area (Å²) in [4.78, 5) is 29.3. The third-order valence-corrected chi connectivity index (χ3v) is 4.18. The van der Waals surface area contributed by atoms with E-state index in [0.717, 1.165) is 4.68 Å². The van der Waals surface area contributed by atoms with Crippen LogP contribution in [0.4, 0.5) is 5.69 Å². The Morgan fingerprint density at radius 3 is 2.67 bits per heavy atom. The van der Waals surface area contributed by atoms with Gasteiger partial charge in [0.25, 0.3) is 5.88 Å². The van der Waals surface area contributed by atoms with Crippen LogP contribution in [-0.4, -0.2) is 31.7 Å². The Balaban J connectivity index is 1.58. The lowest BCUT2D eigenvalue weighted by Gasteiger charge is -2.10. The summed E-state index contributed by atoms with van der Waals surface area (Å²) in [5, 5.41) is 6.99. The van der Waals surface area contributed by atoms with Crippen molar-refractivity contribution in [2.45, 2.75) is 13.5 Å². The first-order valence-corrected chi connectivity index (χ1v) is 9.34. The molecule has 0 radical (unpaired) electrons. The zero-order valence-corrected chi connectivity index (χ0v) is 16.2. The van der Waals surface area contributed by atoms with Crippen LogP contribution >= 0.6 is 0 Å². The van der Waals surface area contributed by atoms with Crippen LogP contribution in [0.25, 0.3) is 5.65 Å². The summed E-state index contributed by atoms with van der Waals surface area (Å²) in [6, 6.07) is 16.1. The number of hydrogen-bond donors (Lipinski definition) is 1. The zero-order chi connectivity index (χ0) is 20.9. The van der Waals surface area contributed by atoms with Gasteiger partial charge in [-0.05, 0) is 31.2 Å². The predicted molar refractivity (Wildman–Crippen MR) is 110 cm³/mol. The molecule has 0 unspecified atom stereocenters. The van der Waals surface area contributed by atoms with E-state index in [1.807, 2.05) is 31.2 Å². The quantitative estimate of drug-likeness (QED) is 0.508. The van der Waals surface area contributed by atoms with Crippen molar-refractivity contribution >= 4 is 17.2 Å². The van der Waals surface area contributed by atoms with Crippen LogP contribution in [0.1, 0.15) is 6.92 Å². The van der Waals surface area contributed by atoms with E-state index in [1.165, 1.54) is 16.8 Å². The van der Waals surface area contributed by atoms with Crippen molar-refractivity contribution in [3.8, 4) is 17.4 Å². The van der Waals surface area contributed by atoms with Gasteiger partial charge in [-0.3, -0.25) is 4.79 Å². The molecule has 1 N–H and O–H groups in total. The zero-order valence-electron chi connectivity index (χ0n) is 16.2. The Hall–Kier alpha value is -4.14. The number of aromatic nitrogens is 4. The fourth-order valence-corrected chi connectivity index (χ4v) is 2.88. The molecule has 0 aliphatic heterocycles. The Morgan fingerprint density at radius 1 is 1.10 bits per heavy atom. The summed E-state index contributed by atoms with van der Waals surface area (Å²) in [5.41, 5.74) is 0.267. The van der Waals surface area contributed by atoms with Gasteiger partial charge in [-0.1, -0.05) is 30.3 Å². The largest absolute Gasteiger partial charge is 0.492 e. The molecule has 0 saturated heterocycles. The molecule has 0 bridgehead atoms. The van der Waals surface area contributed by atoms with Gasteiger partial charge in [0, 0.05) is 12.4 Å². The molecule has 4 aromatic rings. The summed E-state index contributed by atoms with van der Waals surface area (Å²) >= 11 is 0. The predicted octanol–water partition coefficient (Wildman–Crippen LogP) is 2.72. The van der Waals surface area contributed by atoms with E-state index in [4.69, 9.17) is 9.47 Å². The number of nitrogens with one attached hydrogen (secondary N) is 1. The van der Waals surface area contributed by atoms with Gasteiger partial charge in [0.2, 0.25) is 11.6 Å². The molecule has 9 heteroatoms. The minimum absolute atomic E-state index is 0.168. The van der Waals surface area contributed by atoms with Crippen LogP contribution in [0.3, 0.4) is 0 Å². The van der Waals surface area contributed by atoms with Crippen LogP contribution in [0, 0.1) is 0 Å². The van der Waals surface area contributed by atoms with E-state index in [9.17, 15) is 9.59 Å². The maximum absolute atomic E-state index is 12.7. The number of hydrogen-bond acceptors (Lipinski definition) is 6. The summed E-state index contributed by atoms with van der Waals surface area (Å²) in [5.74, 6) is 0.872. The van der Waals surface area contributed by atoms with Gasteiger partial charge in [-0.25, -0.2) is 18.9 Å². The molecule has 0 saturated carbocycles. The molecule has 0 atom stereocenters. The van der Waals surface area contributed by atoms with E-state index in [-0.39, 0.29) is 18.1 Å². The third kappa shape index (κ3) is 4.00. The van der Waals surface area contributed by atoms with E-state index in [2.05, 4.69) is 15.4 Å². The van der Waals surface area contributed by atoms with Crippen molar-refractivity contribution < 1.29 is 14.3 Å². The smallest absolute Gasteiger partial charge is 0.351 e. The SMILES string of the molecule is CCOc1ccccc1NC(=O)Cn1nc2c(Oc3ccccc3)nccn2c1=O. The first-order valence-electron chi connectivity index (χ1n) is 9.34. The highest BCUT2D eigenvalue weighted by atomic mass is 16.5. The Morgan fingerprint density at radius 2 is 1.87 bits per heavy atom. The Kier molecular flexibility index (Phi) is 5.42.